The molecule has 0 N–H and O–H groups in total. The predicted octanol–water partition coefficient (Wildman–Crippen LogP) is 4.52. The van der Waals surface area contributed by atoms with Crippen molar-refractivity contribution in [3.8, 4) is 0 Å². The summed E-state index contributed by atoms with van der Waals surface area (Å²) in [6, 6.07) is 0. The summed E-state index contributed by atoms with van der Waals surface area (Å²) in [5, 5.41) is 0. The molecule has 0 aromatic heterocycles. The summed E-state index contributed by atoms with van der Waals surface area (Å²) < 4.78 is 40.7. The van der Waals surface area contributed by atoms with Crippen LogP contribution in [-0.2, 0) is 4.74 Å². The van der Waals surface area contributed by atoms with E-state index in [2.05, 4.69) is 6.92 Å². The fourth-order valence-corrected chi connectivity index (χ4v) is 1.40. The number of alkyl halides is 3. The van der Waals surface area contributed by atoms with Crippen molar-refractivity contribution in [2.75, 3.05) is 6.61 Å². The molecule has 0 aliphatic carbocycles. The third-order valence-electron chi connectivity index (χ3n) is 2.34. The lowest BCUT2D eigenvalue weighted by Gasteiger charge is -2.12. The Hall–Kier alpha value is -0.250. The number of hydrogen-bond acceptors (Lipinski definition) is 1. The van der Waals surface area contributed by atoms with Crippen LogP contribution in [0.2, 0.25) is 0 Å². The summed E-state index contributed by atoms with van der Waals surface area (Å²) in [6.07, 6.45) is 1.39. The van der Waals surface area contributed by atoms with Crippen LogP contribution >= 0.6 is 0 Å². The van der Waals surface area contributed by atoms with E-state index < -0.39 is 6.18 Å². The minimum absolute atomic E-state index is 0.0468. The van der Waals surface area contributed by atoms with Gasteiger partial charge in [0.25, 0.3) is 0 Å². The van der Waals surface area contributed by atoms with Crippen LogP contribution in [0, 0.1) is 6.42 Å². The molecular weight excluding hydrogens is 217 g/mol. The Morgan fingerprint density at radius 1 is 1.19 bits per heavy atom. The van der Waals surface area contributed by atoms with E-state index in [-0.39, 0.29) is 12.5 Å². The van der Waals surface area contributed by atoms with Crippen molar-refractivity contribution < 1.29 is 17.9 Å². The number of halogens is 3. The van der Waals surface area contributed by atoms with Gasteiger partial charge in [-0.25, -0.2) is 0 Å². The Balaban J connectivity index is 3.24. The summed E-state index contributed by atoms with van der Waals surface area (Å²) in [6.45, 7) is 4.53. The first-order valence-corrected chi connectivity index (χ1v) is 5.98. The molecule has 0 aliphatic heterocycles. The van der Waals surface area contributed by atoms with Crippen LogP contribution in [0.25, 0.3) is 0 Å². The maximum Gasteiger partial charge on any atom is 0.392 e. The third-order valence-corrected chi connectivity index (χ3v) is 2.34. The highest BCUT2D eigenvalue weighted by Gasteiger charge is 2.26. The van der Waals surface area contributed by atoms with Gasteiger partial charge in [0.05, 0.1) is 12.5 Å². The fraction of sp³-hybridized carbons (Fsp3) is 0.917. The van der Waals surface area contributed by atoms with Gasteiger partial charge in [-0.3, -0.25) is 0 Å². The zero-order chi connectivity index (χ0) is 12.4. The van der Waals surface area contributed by atoms with Gasteiger partial charge < -0.3 is 4.74 Å². The monoisotopic (exact) mass is 239 g/mol. The molecule has 1 nitrogen and oxygen atoms in total. The highest BCUT2D eigenvalue weighted by molar-refractivity contribution is 4.73. The largest absolute Gasteiger partial charge is 0.392 e. The van der Waals surface area contributed by atoms with Gasteiger partial charge in [0.1, 0.15) is 0 Å². The molecule has 0 amide bonds. The predicted molar refractivity (Wildman–Crippen MR) is 59.1 cm³/mol. The Labute approximate surface area is 96.4 Å². The highest BCUT2D eigenvalue weighted by Crippen LogP contribution is 2.21. The van der Waals surface area contributed by atoms with Crippen LogP contribution in [0.1, 0.15) is 52.4 Å². The van der Waals surface area contributed by atoms with Crippen molar-refractivity contribution in [3.05, 3.63) is 6.42 Å². The summed E-state index contributed by atoms with van der Waals surface area (Å²) in [7, 11) is 0. The smallest absolute Gasteiger partial charge is 0.379 e. The van der Waals surface area contributed by atoms with E-state index in [1.807, 2.05) is 6.92 Å². The molecule has 0 bridgehead atoms. The molecule has 0 aromatic rings. The van der Waals surface area contributed by atoms with E-state index in [0.717, 1.165) is 12.8 Å². The maximum absolute atomic E-state index is 11.8. The molecule has 0 rings (SSSR count). The minimum atomic E-state index is -4.15. The molecule has 0 aromatic carbocycles. The van der Waals surface area contributed by atoms with Crippen molar-refractivity contribution in [2.45, 2.75) is 64.7 Å². The number of rotatable bonds is 9. The Kier molecular flexibility index (Phi) is 8.71. The second-order valence-corrected chi connectivity index (χ2v) is 4.07. The first-order valence-electron chi connectivity index (χ1n) is 5.98. The molecule has 0 saturated heterocycles. The van der Waals surface area contributed by atoms with Gasteiger partial charge >= 0.3 is 6.18 Å². The zero-order valence-electron chi connectivity index (χ0n) is 10.1. The van der Waals surface area contributed by atoms with Gasteiger partial charge in [0.2, 0.25) is 0 Å². The van der Waals surface area contributed by atoms with E-state index in [9.17, 15) is 13.2 Å². The quantitative estimate of drug-likeness (QED) is 0.537. The molecule has 16 heavy (non-hydrogen) atoms. The van der Waals surface area contributed by atoms with Gasteiger partial charge in [-0.2, -0.15) is 13.2 Å². The lowest BCUT2D eigenvalue weighted by atomic mass is 10.1. The molecule has 1 radical (unpaired) electrons. The van der Waals surface area contributed by atoms with E-state index in [4.69, 9.17) is 4.74 Å². The normalized spacial score (nSPS) is 14.1. The van der Waals surface area contributed by atoms with Gasteiger partial charge in [-0.05, 0) is 26.2 Å². The summed E-state index contributed by atoms with van der Waals surface area (Å²) in [5.74, 6) is 0. The van der Waals surface area contributed by atoms with E-state index >= 15 is 0 Å². The van der Waals surface area contributed by atoms with Crippen molar-refractivity contribution in [3.63, 3.8) is 0 Å². The average molecular weight is 239 g/mol. The van der Waals surface area contributed by atoms with Crippen LogP contribution in [0.5, 0.6) is 0 Å². The molecule has 0 spiro atoms. The van der Waals surface area contributed by atoms with Gasteiger partial charge in [0, 0.05) is 6.61 Å². The topological polar surface area (TPSA) is 9.23 Å². The Morgan fingerprint density at radius 2 is 1.88 bits per heavy atom. The average Bonchev–Trinajstić information content (AvgIpc) is 2.16. The van der Waals surface area contributed by atoms with Crippen LogP contribution in [0.15, 0.2) is 0 Å². The summed E-state index contributed by atoms with van der Waals surface area (Å²) in [5.41, 5.74) is 0. The van der Waals surface area contributed by atoms with Crippen LogP contribution in [0.3, 0.4) is 0 Å². The molecule has 0 aliphatic rings. The van der Waals surface area contributed by atoms with Crippen molar-refractivity contribution >= 4 is 0 Å². The zero-order valence-corrected chi connectivity index (χ0v) is 10.1. The van der Waals surface area contributed by atoms with Crippen molar-refractivity contribution in [1.29, 1.82) is 0 Å². The second kappa shape index (κ2) is 8.85. The number of unbranched alkanes of at least 4 members (excludes halogenated alkanes) is 3. The van der Waals surface area contributed by atoms with E-state index in [0.29, 0.717) is 19.4 Å². The van der Waals surface area contributed by atoms with E-state index in [1.165, 1.54) is 12.8 Å². The molecule has 1 unspecified atom stereocenters. The number of hydrogen-bond donors (Lipinski definition) is 0. The Morgan fingerprint density at radius 3 is 2.44 bits per heavy atom. The molecular formula is C12H22F3O. The lowest BCUT2D eigenvalue weighted by molar-refractivity contribution is -0.0989. The van der Waals surface area contributed by atoms with Crippen LogP contribution < -0.4 is 0 Å². The van der Waals surface area contributed by atoms with Gasteiger partial charge in [-0.15, -0.1) is 0 Å². The molecule has 0 fully saturated rings. The second-order valence-electron chi connectivity index (χ2n) is 4.07. The van der Waals surface area contributed by atoms with Gasteiger partial charge in [0.15, 0.2) is 0 Å². The van der Waals surface area contributed by atoms with Crippen LogP contribution in [0.4, 0.5) is 13.2 Å². The Bertz CT molecular complexity index is 157. The standard InChI is InChI=1S/C12H22F3O/c1-3-4-5-8-11(2)16-10-7-6-9-12(13,14)15/h9,11H,3-8,10H2,1-2H3. The highest BCUT2D eigenvalue weighted by atomic mass is 19.4. The SMILES string of the molecule is CCCCCC(C)OCCC[CH]C(F)(F)F. The molecule has 97 valence electrons. The van der Waals surface area contributed by atoms with Gasteiger partial charge in [-0.1, -0.05) is 26.2 Å². The van der Waals surface area contributed by atoms with Crippen molar-refractivity contribution in [2.24, 2.45) is 0 Å². The van der Waals surface area contributed by atoms with E-state index in [1.54, 1.807) is 0 Å². The summed E-state index contributed by atoms with van der Waals surface area (Å²) >= 11 is 0. The maximum atomic E-state index is 11.8. The van der Waals surface area contributed by atoms with Crippen LogP contribution in [-0.4, -0.2) is 18.9 Å². The van der Waals surface area contributed by atoms with Crippen molar-refractivity contribution in [1.82, 2.24) is 0 Å². The lowest BCUT2D eigenvalue weighted by Crippen LogP contribution is -2.11. The molecule has 0 saturated carbocycles. The molecule has 1 atom stereocenters. The molecule has 4 heteroatoms. The number of ether oxygens (including phenoxy) is 1. The summed E-state index contributed by atoms with van der Waals surface area (Å²) in [4.78, 5) is 0. The fourth-order valence-electron chi connectivity index (χ4n) is 1.40. The third kappa shape index (κ3) is 11.8. The first kappa shape index (κ1) is 15.8. The minimum Gasteiger partial charge on any atom is -0.379 e. The molecule has 0 heterocycles. The first-order chi connectivity index (χ1) is 7.45.